The fraction of sp³-hybridized carbons (Fsp3) is 1.00. The summed E-state index contributed by atoms with van der Waals surface area (Å²) in [5, 5.41) is 10.2. The fourth-order valence-corrected chi connectivity index (χ4v) is 3.17. The van der Waals surface area contributed by atoms with E-state index in [1.54, 1.807) is 7.11 Å². The van der Waals surface area contributed by atoms with Gasteiger partial charge in [-0.25, -0.2) is 0 Å². The van der Waals surface area contributed by atoms with E-state index in [0.29, 0.717) is 6.61 Å². The molecule has 0 aromatic rings. The maximum atomic E-state index is 10.0. The SMILES string of the molecule is COCC1CCC(O[Si](C)(C)C(C)(C)C)C(O)O1. The van der Waals surface area contributed by atoms with Gasteiger partial charge in [0.05, 0.1) is 18.8 Å². The van der Waals surface area contributed by atoms with Gasteiger partial charge in [-0.3, -0.25) is 0 Å². The van der Waals surface area contributed by atoms with Crippen LogP contribution >= 0.6 is 0 Å². The van der Waals surface area contributed by atoms with E-state index in [9.17, 15) is 5.11 Å². The van der Waals surface area contributed by atoms with Crippen LogP contribution in [-0.4, -0.2) is 45.6 Å². The molecule has 108 valence electrons. The van der Waals surface area contributed by atoms with Crippen LogP contribution in [0.4, 0.5) is 0 Å². The number of ether oxygens (including phenoxy) is 2. The molecule has 1 aliphatic heterocycles. The predicted octanol–water partition coefficient (Wildman–Crippen LogP) is 2.52. The van der Waals surface area contributed by atoms with Gasteiger partial charge in [-0.05, 0) is 31.0 Å². The summed E-state index contributed by atoms with van der Waals surface area (Å²) >= 11 is 0. The second kappa shape index (κ2) is 6.01. The zero-order valence-corrected chi connectivity index (χ0v) is 13.5. The van der Waals surface area contributed by atoms with Gasteiger partial charge >= 0.3 is 0 Å². The standard InChI is InChI=1S/C13H28O4Si/c1-13(2,3)18(5,6)17-11-8-7-10(9-15-4)16-12(11)14/h10-12,14H,7-9H2,1-6H3. The van der Waals surface area contributed by atoms with Crippen LogP contribution in [0.15, 0.2) is 0 Å². The van der Waals surface area contributed by atoms with Crippen LogP contribution in [0.2, 0.25) is 18.1 Å². The molecule has 1 rings (SSSR count). The van der Waals surface area contributed by atoms with Crippen LogP contribution in [-0.2, 0) is 13.9 Å². The van der Waals surface area contributed by atoms with Crippen LogP contribution in [0.1, 0.15) is 33.6 Å². The van der Waals surface area contributed by atoms with E-state index < -0.39 is 14.6 Å². The molecule has 5 heteroatoms. The minimum Gasteiger partial charge on any atom is -0.409 e. The molecule has 0 radical (unpaired) electrons. The number of hydrogen-bond acceptors (Lipinski definition) is 4. The van der Waals surface area contributed by atoms with E-state index in [0.717, 1.165) is 12.8 Å². The van der Waals surface area contributed by atoms with Gasteiger partial charge in [0.25, 0.3) is 0 Å². The first-order valence-electron chi connectivity index (χ1n) is 6.67. The molecule has 1 N–H and O–H groups in total. The molecule has 18 heavy (non-hydrogen) atoms. The zero-order valence-electron chi connectivity index (χ0n) is 12.5. The Bertz CT molecular complexity index is 262. The van der Waals surface area contributed by atoms with Gasteiger partial charge in [0.1, 0.15) is 0 Å². The van der Waals surface area contributed by atoms with Crippen LogP contribution in [0.3, 0.4) is 0 Å². The van der Waals surface area contributed by atoms with Crippen molar-refractivity contribution in [1.29, 1.82) is 0 Å². The molecule has 0 spiro atoms. The summed E-state index contributed by atoms with van der Waals surface area (Å²) in [5.41, 5.74) is 0. The Morgan fingerprint density at radius 2 is 1.89 bits per heavy atom. The molecule has 1 saturated heterocycles. The first kappa shape index (κ1) is 16.1. The Hall–Kier alpha value is 0.0569. The van der Waals surface area contributed by atoms with E-state index in [-0.39, 0.29) is 17.2 Å². The fourth-order valence-electron chi connectivity index (χ4n) is 1.83. The summed E-state index contributed by atoms with van der Waals surface area (Å²) in [7, 11) is -0.199. The molecule has 1 fully saturated rings. The van der Waals surface area contributed by atoms with Gasteiger partial charge < -0.3 is 19.0 Å². The van der Waals surface area contributed by atoms with Gasteiger partial charge in [0, 0.05) is 7.11 Å². The lowest BCUT2D eigenvalue weighted by Crippen LogP contribution is -2.50. The number of rotatable bonds is 4. The second-order valence-corrected chi connectivity index (χ2v) is 11.4. The highest BCUT2D eigenvalue weighted by molar-refractivity contribution is 6.74. The first-order chi connectivity index (χ1) is 8.17. The summed E-state index contributed by atoms with van der Waals surface area (Å²) in [5.74, 6) is 0. The van der Waals surface area contributed by atoms with E-state index in [2.05, 4.69) is 33.9 Å². The minimum atomic E-state index is -1.85. The molecule has 0 amide bonds. The third-order valence-corrected chi connectivity index (χ3v) is 8.53. The Labute approximate surface area is 112 Å². The largest absolute Gasteiger partial charge is 0.409 e. The minimum absolute atomic E-state index is 0.00994. The molecule has 0 aliphatic carbocycles. The van der Waals surface area contributed by atoms with E-state index >= 15 is 0 Å². The van der Waals surface area contributed by atoms with Gasteiger partial charge in [0.15, 0.2) is 14.6 Å². The third kappa shape index (κ3) is 4.03. The molecule has 3 atom stereocenters. The Balaban J connectivity index is 2.55. The highest BCUT2D eigenvalue weighted by atomic mass is 28.4. The van der Waals surface area contributed by atoms with E-state index in [4.69, 9.17) is 13.9 Å². The molecule has 1 aliphatic rings. The lowest BCUT2D eigenvalue weighted by Gasteiger charge is -2.42. The molecule has 0 bridgehead atoms. The van der Waals surface area contributed by atoms with Gasteiger partial charge in [0.2, 0.25) is 0 Å². The average molecular weight is 276 g/mol. The summed E-state index contributed by atoms with van der Waals surface area (Å²) < 4.78 is 16.8. The summed E-state index contributed by atoms with van der Waals surface area (Å²) in [6, 6.07) is 0. The molecule has 0 aromatic heterocycles. The second-order valence-electron chi connectivity index (χ2n) is 6.60. The van der Waals surface area contributed by atoms with Gasteiger partial charge in [-0.2, -0.15) is 0 Å². The molecular weight excluding hydrogens is 248 g/mol. The Morgan fingerprint density at radius 3 is 2.33 bits per heavy atom. The van der Waals surface area contributed by atoms with Crippen LogP contribution < -0.4 is 0 Å². The molecular formula is C13H28O4Si. The highest BCUT2D eigenvalue weighted by Gasteiger charge is 2.42. The summed E-state index contributed by atoms with van der Waals surface area (Å²) in [4.78, 5) is 0. The van der Waals surface area contributed by atoms with Gasteiger partial charge in [-0.1, -0.05) is 20.8 Å². The van der Waals surface area contributed by atoms with Gasteiger partial charge in [-0.15, -0.1) is 0 Å². The molecule has 4 nitrogen and oxygen atoms in total. The highest BCUT2D eigenvalue weighted by Crippen LogP contribution is 2.39. The monoisotopic (exact) mass is 276 g/mol. The van der Waals surface area contributed by atoms with Crippen LogP contribution in [0.25, 0.3) is 0 Å². The summed E-state index contributed by atoms with van der Waals surface area (Å²) in [6.45, 7) is 11.5. The van der Waals surface area contributed by atoms with Crippen molar-refractivity contribution in [3.63, 3.8) is 0 Å². The number of hydrogen-bond donors (Lipinski definition) is 1. The predicted molar refractivity (Wildman–Crippen MR) is 74.1 cm³/mol. The van der Waals surface area contributed by atoms with Crippen molar-refractivity contribution >= 4 is 8.32 Å². The number of methoxy groups -OCH3 is 1. The molecule has 0 aromatic carbocycles. The third-order valence-electron chi connectivity index (χ3n) is 4.03. The maximum Gasteiger partial charge on any atom is 0.192 e. The normalized spacial score (nSPS) is 30.5. The van der Waals surface area contributed by atoms with Crippen molar-refractivity contribution in [3.8, 4) is 0 Å². The molecule has 3 unspecified atom stereocenters. The number of aliphatic hydroxyl groups is 1. The van der Waals surface area contributed by atoms with E-state index in [1.807, 2.05) is 0 Å². The summed E-state index contributed by atoms with van der Waals surface area (Å²) in [6.07, 6.45) is 0.683. The van der Waals surface area contributed by atoms with Crippen molar-refractivity contribution in [2.45, 2.75) is 70.2 Å². The first-order valence-corrected chi connectivity index (χ1v) is 9.58. The van der Waals surface area contributed by atoms with Crippen molar-refractivity contribution in [2.75, 3.05) is 13.7 Å². The van der Waals surface area contributed by atoms with Crippen LogP contribution in [0.5, 0.6) is 0 Å². The Morgan fingerprint density at radius 1 is 1.28 bits per heavy atom. The van der Waals surface area contributed by atoms with Crippen molar-refractivity contribution in [3.05, 3.63) is 0 Å². The van der Waals surface area contributed by atoms with Crippen molar-refractivity contribution in [1.82, 2.24) is 0 Å². The zero-order chi connectivity index (χ0) is 14.0. The average Bonchev–Trinajstić information content (AvgIpc) is 2.21. The van der Waals surface area contributed by atoms with Crippen LogP contribution in [0, 0.1) is 0 Å². The van der Waals surface area contributed by atoms with Crippen molar-refractivity contribution < 1.29 is 19.0 Å². The lowest BCUT2D eigenvalue weighted by molar-refractivity contribution is -0.219. The smallest absolute Gasteiger partial charge is 0.192 e. The van der Waals surface area contributed by atoms with Crippen molar-refractivity contribution in [2.24, 2.45) is 0 Å². The topological polar surface area (TPSA) is 47.9 Å². The maximum absolute atomic E-state index is 10.0. The molecule has 1 heterocycles. The quantitative estimate of drug-likeness (QED) is 0.802. The Kier molecular flexibility index (Phi) is 5.38. The number of aliphatic hydroxyl groups excluding tert-OH is 1. The lowest BCUT2D eigenvalue weighted by atomic mass is 10.1. The van der Waals surface area contributed by atoms with E-state index in [1.165, 1.54) is 0 Å². The molecule has 0 saturated carbocycles.